The molecule has 0 aliphatic carbocycles. The molecule has 0 aliphatic heterocycles. The molecule has 0 fully saturated rings. The van der Waals surface area contributed by atoms with Crippen molar-refractivity contribution in [1.82, 2.24) is 20.6 Å². The number of sulfone groups is 1. The molecule has 8 nitrogen and oxygen atoms in total. The standard InChI is InChI=1S/C11H6F4N6O2S/c12-7-1-2-8(9(3-7)24(22,23)11(13,14)15)17-5-6(4-16)10-18-20-21-19-10/h1-3,5,17H,(H,18,19,20,21). The second-order valence-corrected chi connectivity index (χ2v) is 6.05. The summed E-state index contributed by atoms with van der Waals surface area (Å²) in [7, 11) is -5.80. The zero-order valence-electron chi connectivity index (χ0n) is 11.3. The minimum absolute atomic E-state index is 0.174. The maximum Gasteiger partial charge on any atom is 0.501 e. The van der Waals surface area contributed by atoms with Crippen LogP contribution in [0.2, 0.25) is 0 Å². The molecular formula is C11H6F4N6O2S. The summed E-state index contributed by atoms with van der Waals surface area (Å²) in [4.78, 5) is -1.32. The predicted molar refractivity (Wildman–Crippen MR) is 71.0 cm³/mol. The Morgan fingerprint density at radius 2 is 2.08 bits per heavy atom. The van der Waals surface area contributed by atoms with E-state index >= 15 is 0 Å². The van der Waals surface area contributed by atoms with Crippen LogP contribution in [0.3, 0.4) is 0 Å². The largest absolute Gasteiger partial charge is 0.501 e. The second kappa shape index (κ2) is 6.24. The summed E-state index contributed by atoms with van der Waals surface area (Å²) in [6.45, 7) is 0. The molecule has 1 aromatic heterocycles. The van der Waals surface area contributed by atoms with E-state index in [0.717, 1.165) is 18.3 Å². The average molecular weight is 362 g/mol. The monoisotopic (exact) mass is 362 g/mol. The highest BCUT2D eigenvalue weighted by atomic mass is 32.2. The molecule has 2 N–H and O–H groups in total. The van der Waals surface area contributed by atoms with E-state index in [1.54, 1.807) is 6.07 Å². The molecule has 13 heteroatoms. The van der Waals surface area contributed by atoms with E-state index in [0.29, 0.717) is 0 Å². The molecule has 0 amide bonds. The van der Waals surface area contributed by atoms with Crippen molar-refractivity contribution in [3.63, 3.8) is 0 Å². The van der Waals surface area contributed by atoms with Crippen LogP contribution in [-0.2, 0) is 9.84 Å². The highest BCUT2D eigenvalue weighted by Gasteiger charge is 2.48. The second-order valence-electron chi connectivity index (χ2n) is 4.14. The van der Waals surface area contributed by atoms with Crippen molar-refractivity contribution in [1.29, 1.82) is 5.26 Å². The van der Waals surface area contributed by atoms with Gasteiger partial charge in [0.1, 0.15) is 22.4 Å². The number of hydrogen-bond acceptors (Lipinski definition) is 7. The number of hydrogen-bond donors (Lipinski definition) is 2. The van der Waals surface area contributed by atoms with Crippen molar-refractivity contribution in [2.75, 3.05) is 5.32 Å². The van der Waals surface area contributed by atoms with E-state index in [-0.39, 0.29) is 17.5 Å². The van der Waals surface area contributed by atoms with Crippen molar-refractivity contribution >= 4 is 21.1 Å². The Kier molecular flexibility index (Phi) is 4.51. The first-order valence-electron chi connectivity index (χ1n) is 5.88. The van der Waals surface area contributed by atoms with Gasteiger partial charge in [-0.1, -0.05) is 0 Å². The van der Waals surface area contributed by atoms with Gasteiger partial charge in [0.05, 0.1) is 5.69 Å². The Labute approximate surface area is 131 Å². The van der Waals surface area contributed by atoms with Gasteiger partial charge >= 0.3 is 5.51 Å². The molecule has 1 aromatic carbocycles. The first kappa shape index (κ1) is 17.3. The van der Waals surface area contributed by atoms with Crippen LogP contribution in [0.15, 0.2) is 29.3 Å². The molecule has 0 unspecified atom stereocenters. The van der Waals surface area contributed by atoms with Gasteiger partial charge in [0.2, 0.25) is 5.82 Å². The van der Waals surface area contributed by atoms with Crippen LogP contribution >= 0.6 is 0 Å². The van der Waals surface area contributed by atoms with Crippen molar-refractivity contribution in [3.8, 4) is 6.07 Å². The topological polar surface area (TPSA) is 124 Å². The first-order chi connectivity index (χ1) is 11.2. The molecule has 0 saturated carbocycles. The molecule has 24 heavy (non-hydrogen) atoms. The third-order valence-corrected chi connectivity index (χ3v) is 4.14. The molecule has 0 saturated heterocycles. The molecule has 0 atom stereocenters. The van der Waals surface area contributed by atoms with Gasteiger partial charge in [-0.3, -0.25) is 0 Å². The van der Waals surface area contributed by atoms with Gasteiger partial charge in [-0.05, 0) is 23.4 Å². The van der Waals surface area contributed by atoms with Crippen LogP contribution in [0.4, 0.5) is 23.2 Å². The highest BCUT2D eigenvalue weighted by molar-refractivity contribution is 7.92. The molecular weight excluding hydrogens is 356 g/mol. The van der Waals surface area contributed by atoms with E-state index in [1.165, 1.54) is 0 Å². The van der Waals surface area contributed by atoms with E-state index in [9.17, 15) is 26.0 Å². The molecule has 2 aromatic rings. The molecule has 0 radical (unpaired) electrons. The van der Waals surface area contributed by atoms with Crippen LogP contribution < -0.4 is 5.32 Å². The van der Waals surface area contributed by atoms with Crippen LogP contribution in [0.5, 0.6) is 0 Å². The lowest BCUT2D eigenvalue weighted by Gasteiger charge is -2.12. The van der Waals surface area contributed by atoms with E-state index in [2.05, 4.69) is 25.9 Å². The van der Waals surface area contributed by atoms with Crippen molar-refractivity contribution in [2.24, 2.45) is 0 Å². The maximum atomic E-state index is 13.2. The summed E-state index contributed by atoms with van der Waals surface area (Å²) in [5, 5.41) is 23.4. The van der Waals surface area contributed by atoms with Gasteiger partial charge in [0, 0.05) is 6.20 Å². The fourth-order valence-electron chi connectivity index (χ4n) is 1.54. The summed E-state index contributed by atoms with van der Waals surface area (Å²) in [6.07, 6.45) is 0.869. The summed E-state index contributed by atoms with van der Waals surface area (Å²) >= 11 is 0. The normalized spacial score (nSPS) is 12.7. The molecule has 126 valence electrons. The van der Waals surface area contributed by atoms with Gasteiger partial charge in [0.25, 0.3) is 9.84 Å². The number of benzene rings is 1. The Balaban J connectivity index is 2.48. The molecule has 2 rings (SSSR count). The van der Waals surface area contributed by atoms with Crippen molar-refractivity contribution in [3.05, 3.63) is 36.0 Å². The smallest absolute Gasteiger partial charge is 0.359 e. The van der Waals surface area contributed by atoms with Gasteiger partial charge in [-0.15, -0.1) is 10.2 Å². The van der Waals surface area contributed by atoms with Gasteiger partial charge in [0.15, 0.2) is 0 Å². The van der Waals surface area contributed by atoms with E-state index in [1.807, 2.05) is 0 Å². The number of aromatic amines is 1. The van der Waals surface area contributed by atoms with Crippen LogP contribution in [0, 0.1) is 17.1 Å². The number of tetrazole rings is 1. The van der Waals surface area contributed by atoms with Gasteiger partial charge < -0.3 is 5.32 Å². The van der Waals surface area contributed by atoms with E-state index < -0.39 is 31.7 Å². The number of nitrogens with zero attached hydrogens (tertiary/aromatic N) is 4. The minimum Gasteiger partial charge on any atom is -0.359 e. The number of halogens is 4. The lowest BCUT2D eigenvalue weighted by molar-refractivity contribution is -0.0435. The zero-order chi connectivity index (χ0) is 18.0. The first-order valence-corrected chi connectivity index (χ1v) is 7.36. The SMILES string of the molecule is N#CC(=CNc1ccc(F)cc1S(=O)(=O)C(F)(F)F)c1nn[nH]n1. The number of allylic oxidation sites excluding steroid dienone is 1. The average Bonchev–Trinajstić information content (AvgIpc) is 3.02. The zero-order valence-corrected chi connectivity index (χ0v) is 12.2. The Bertz CT molecular complexity index is 915. The Morgan fingerprint density at radius 3 is 2.62 bits per heavy atom. The van der Waals surface area contributed by atoms with Crippen LogP contribution in [0.25, 0.3) is 5.57 Å². The lowest BCUT2D eigenvalue weighted by atomic mass is 10.3. The number of alkyl halides is 3. The third kappa shape index (κ3) is 3.33. The predicted octanol–water partition coefficient (Wildman–Crippen LogP) is 1.61. The van der Waals surface area contributed by atoms with Gasteiger partial charge in [-0.25, -0.2) is 12.8 Å². The van der Waals surface area contributed by atoms with Gasteiger partial charge in [-0.2, -0.15) is 23.6 Å². The molecule has 0 bridgehead atoms. The molecule has 0 aliphatic rings. The maximum absolute atomic E-state index is 13.2. The van der Waals surface area contributed by atoms with Crippen LogP contribution in [0.1, 0.15) is 5.82 Å². The number of rotatable bonds is 4. The number of anilines is 1. The fraction of sp³-hybridized carbons (Fsp3) is 0.0909. The van der Waals surface area contributed by atoms with Crippen molar-refractivity contribution < 1.29 is 26.0 Å². The molecule has 1 heterocycles. The minimum atomic E-state index is -5.80. The number of nitrogens with one attached hydrogen (secondary N) is 2. The highest BCUT2D eigenvalue weighted by Crippen LogP contribution is 2.34. The van der Waals surface area contributed by atoms with Crippen LogP contribution in [-0.4, -0.2) is 34.6 Å². The molecule has 0 spiro atoms. The fourth-order valence-corrected chi connectivity index (χ4v) is 2.47. The van der Waals surface area contributed by atoms with E-state index in [4.69, 9.17) is 5.26 Å². The number of H-pyrrole nitrogens is 1. The number of aromatic nitrogens is 4. The quantitative estimate of drug-likeness (QED) is 0.625. The Hall–Kier alpha value is -3.01. The lowest BCUT2D eigenvalue weighted by Crippen LogP contribution is -2.24. The van der Waals surface area contributed by atoms with Crippen molar-refractivity contribution in [2.45, 2.75) is 10.4 Å². The summed E-state index contributed by atoms with van der Waals surface area (Å²) in [5.41, 5.74) is -6.44. The summed E-state index contributed by atoms with van der Waals surface area (Å²) in [5.74, 6) is -1.35. The Morgan fingerprint density at radius 1 is 1.38 bits per heavy atom. The summed E-state index contributed by atoms with van der Waals surface area (Å²) < 4.78 is 74.3. The summed E-state index contributed by atoms with van der Waals surface area (Å²) in [6, 6.07) is 3.41. The number of nitriles is 1. The third-order valence-electron chi connectivity index (χ3n) is 2.62.